The summed E-state index contributed by atoms with van der Waals surface area (Å²) in [5.74, 6) is 0.572. The zero-order valence-electron chi connectivity index (χ0n) is 28.3. The molecule has 4 aliphatic carbocycles. The molecule has 0 amide bonds. The van der Waals surface area contributed by atoms with E-state index in [1.807, 2.05) is 6.07 Å². The Morgan fingerprint density at radius 3 is 2.29 bits per heavy atom. The molecular weight excluding hydrogens is 640 g/mol. The van der Waals surface area contributed by atoms with Gasteiger partial charge in [-0.1, -0.05) is 25.5 Å². The molecule has 7 N–H and O–H groups in total. The number of fused-ring (bicyclic) bond motifs is 5. The van der Waals surface area contributed by atoms with Gasteiger partial charge >= 0.3 is 5.63 Å². The molecule has 0 radical (unpaired) electrons. The van der Waals surface area contributed by atoms with Crippen LogP contribution >= 0.6 is 0 Å². The van der Waals surface area contributed by atoms with Crippen molar-refractivity contribution in [3.8, 4) is 0 Å². The first-order valence-corrected chi connectivity index (χ1v) is 17.9. The molecule has 0 bridgehead atoms. The molecule has 7 rings (SSSR count). The molecule has 17 atom stereocenters. The van der Waals surface area contributed by atoms with Crippen LogP contribution in [0.25, 0.3) is 0 Å². The van der Waals surface area contributed by atoms with Crippen LogP contribution in [0.4, 0.5) is 0 Å². The maximum atomic E-state index is 12.5. The second kappa shape index (κ2) is 13.0. The van der Waals surface area contributed by atoms with Crippen LogP contribution in [0.2, 0.25) is 0 Å². The average Bonchev–Trinajstić information content (AvgIpc) is 3.36. The third-order valence-electron chi connectivity index (χ3n) is 13.6. The van der Waals surface area contributed by atoms with Gasteiger partial charge in [-0.3, -0.25) is 0 Å². The van der Waals surface area contributed by atoms with Gasteiger partial charge in [0, 0.05) is 11.5 Å². The predicted molar refractivity (Wildman–Crippen MR) is 171 cm³/mol. The molecule has 2 aliphatic heterocycles. The number of ether oxygens (including phenoxy) is 4. The highest BCUT2D eigenvalue weighted by molar-refractivity contribution is 5.31. The van der Waals surface area contributed by atoms with E-state index in [4.69, 9.17) is 23.4 Å². The van der Waals surface area contributed by atoms with Gasteiger partial charge in [-0.15, -0.1) is 0 Å². The fourth-order valence-electron chi connectivity index (χ4n) is 10.7. The molecule has 0 aromatic carbocycles. The van der Waals surface area contributed by atoms with E-state index in [-0.39, 0.29) is 34.4 Å². The maximum Gasteiger partial charge on any atom is 0.335 e. The quantitative estimate of drug-likeness (QED) is 0.207. The Hall–Kier alpha value is -1.75. The largest absolute Gasteiger partial charge is 0.431 e. The van der Waals surface area contributed by atoms with Crippen LogP contribution in [-0.4, -0.2) is 115 Å². The van der Waals surface area contributed by atoms with Crippen LogP contribution in [0.5, 0.6) is 0 Å². The van der Waals surface area contributed by atoms with Crippen molar-refractivity contribution in [2.24, 2.45) is 22.7 Å². The summed E-state index contributed by atoms with van der Waals surface area (Å²) in [6.45, 7) is 5.53. The van der Waals surface area contributed by atoms with Crippen LogP contribution in [0.1, 0.15) is 83.6 Å². The van der Waals surface area contributed by atoms with Crippen LogP contribution in [0.15, 0.2) is 39.3 Å². The van der Waals surface area contributed by atoms with Gasteiger partial charge in [0.05, 0.1) is 30.7 Å². The fraction of sp³-hybridized carbons (Fsp3) is 0.806. The van der Waals surface area contributed by atoms with E-state index < -0.39 is 73.6 Å². The molecule has 0 spiro atoms. The highest BCUT2D eigenvalue weighted by Crippen LogP contribution is 2.70. The van der Waals surface area contributed by atoms with Crippen LogP contribution in [-0.2, 0) is 18.9 Å². The number of aliphatic hydroxyl groups excluding tert-OH is 6. The Kier molecular flexibility index (Phi) is 9.48. The number of hydrogen-bond acceptors (Lipinski definition) is 13. The minimum atomic E-state index is -1.66. The third kappa shape index (κ3) is 5.68. The van der Waals surface area contributed by atoms with Crippen molar-refractivity contribution in [2.75, 3.05) is 6.61 Å². The summed E-state index contributed by atoms with van der Waals surface area (Å²) in [5.41, 5.74) is 0.655. The number of hydrogen-bond donors (Lipinski definition) is 7. The monoisotopic (exact) mass is 692 g/mol. The second-order valence-electron chi connectivity index (χ2n) is 15.9. The first-order valence-electron chi connectivity index (χ1n) is 17.9. The first-order chi connectivity index (χ1) is 23.2. The lowest BCUT2D eigenvalue weighted by Crippen LogP contribution is -2.64. The van der Waals surface area contributed by atoms with E-state index in [0.717, 1.165) is 44.1 Å². The fourth-order valence-corrected chi connectivity index (χ4v) is 10.7. The molecule has 2 saturated heterocycles. The van der Waals surface area contributed by atoms with Gasteiger partial charge in [0.25, 0.3) is 0 Å². The van der Waals surface area contributed by atoms with Gasteiger partial charge in [0.1, 0.15) is 42.7 Å². The highest BCUT2D eigenvalue weighted by atomic mass is 16.7. The Morgan fingerprint density at radius 1 is 0.837 bits per heavy atom. The zero-order chi connectivity index (χ0) is 35.0. The van der Waals surface area contributed by atoms with Crippen molar-refractivity contribution < 1.29 is 59.1 Å². The highest BCUT2D eigenvalue weighted by Gasteiger charge is 2.67. The van der Waals surface area contributed by atoms with Gasteiger partial charge in [-0.2, -0.15) is 0 Å². The van der Waals surface area contributed by atoms with Gasteiger partial charge < -0.3 is 59.1 Å². The Labute approximate surface area is 285 Å². The van der Waals surface area contributed by atoms with Crippen LogP contribution in [0.3, 0.4) is 0 Å². The smallest absolute Gasteiger partial charge is 0.335 e. The van der Waals surface area contributed by atoms with Gasteiger partial charge in [0.15, 0.2) is 12.6 Å². The van der Waals surface area contributed by atoms with E-state index in [1.165, 1.54) is 11.6 Å². The van der Waals surface area contributed by atoms with E-state index in [1.54, 1.807) is 13.2 Å². The molecule has 13 nitrogen and oxygen atoms in total. The Balaban J connectivity index is 1.01. The van der Waals surface area contributed by atoms with Crippen molar-refractivity contribution >= 4 is 0 Å². The molecule has 13 heteroatoms. The van der Waals surface area contributed by atoms with E-state index in [0.29, 0.717) is 18.8 Å². The lowest BCUT2D eigenvalue weighted by atomic mass is 9.45. The lowest BCUT2D eigenvalue weighted by molar-refractivity contribution is -0.357. The van der Waals surface area contributed by atoms with Crippen LogP contribution in [0, 0.1) is 22.7 Å². The number of rotatable bonds is 6. The van der Waals surface area contributed by atoms with E-state index in [9.17, 15) is 40.5 Å². The predicted octanol–water partition coefficient (Wildman–Crippen LogP) is 0.838. The van der Waals surface area contributed by atoms with Crippen LogP contribution < -0.4 is 5.63 Å². The first kappa shape index (κ1) is 35.6. The SMILES string of the molecule is C[C@@H]1O[C@@H](O[C@@H]2C=C3CC[C@@H]4[C@H](CC[C@]5(C)[C@@H](c6ccc(=O)oc6)CC[C@]45O)[C@@]3(C)CC2)[C@@H](O)[C@H](O)[C@H]1O[C@@H]1O[C@H](CO)[C@@H](O)[C@H](O)[C@H]1O. The van der Waals surface area contributed by atoms with Crippen molar-refractivity contribution in [2.45, 2.75) is 151 Å². The summed E-state index contributed by atoms with van der Waals surface area (Å²) < 4.78 is 28.7. The van der Waals surface area contributed by atoms with Crippen molar-refractivity contribution in [1.82, 2.24) is 0 Å². The van der Waals surface area contributed by atoms with Crippen molar-refractivity contribution in [1.29, 1.82) is 0 Å². The summed E-state index contributed by atoms with van der Waals surface area (Å²) >= 11 is 0. The molecule has 5 fully saturated rings. The molecule has 1 aromatic rings. The minimum Gasteiger partial charge on any atom is -0.431 e. The third-order valence-corrected chi connectivity index (χ3v) is 13.6. The molecule has 1 aromatic heterocycles. The van der Waals surface area contributed by atoms with Crippen molar-refractivity contribution in [3.05, 3.63) is 46.0 Å². The summed E-state index contributed by atoms with van der Waals surface area (Å²) in [4.78, 5) is 11.6. The summed E-state index contributed by atoms with van der Waals surface area (Å²) in [7, 11) is 0. The number of allylic oxidation sites excluding steroid dienone is 1. The molecule has 6 aliphatic rings. The molecule has 3 heterocycles. The standard InChI is InChI=1S/C36H52O13/c1-17-31(49-33-29(42)27(40)26(39)24(15-37)48-33)28(41)30(43)32(46-17)47-20-8-11-34(2)19(14-20)5-6-23-22(34)9-12-35(3)21(10-13-36(23,35)44)18-4-7-25(38)45-16-18/h4,7,14,16-17,20-24,26-33,37,39-44H,5-6,8-13,15H2,1-3H3/t17-,20-,21+,22-,23+,24+,26+,27-,28-,29+,30-,31-,32-,33-,34-,35+,36-/m0/s1. The molecule has 274 valence electrons. The van der Waals surface area contributed by atoms with Gasteiger partial charge in [-0.05, 0) is 93.1 Å². The molecular formula is C36H52O13. The molecule has 49 heavy (non-hydrogen) atoms. The number of aliphatic hydroxyl groups is 7. The molecule has 0 unspecified atom stereocenters. The maximum absolute atomic E-state index is 12.5. The minimum absolute atomic E-state index is 0.110. The van der Waals surface area contributed by atoms with E-state index in [2.05, 4.69) is 19.9 Å². The molecule has 3 saturated carbocycles. The lowest BCUT2D eigenvalue weighted by Gasteiger charge is -2.62. The van der Waals surface area contributed by atoms with Gasteiger partial charge in [-0.25, -0.2) is 4.79 Å². The van der Waals surface area contributed by atoms with E-state index >= 15 is 0 Å². The summed E-state index contributed by atoms with van der Waals surface area (Å²) in [5, 5.41) is 74.7. The summed E-state index contributed by atoms with van der Waals surface area (Å²) in [6, 6.07) is 3.32. The van der Waals surface area contributed by atoms with Crippen molar-refractivity contribution in [3.63, 3.8) is 0 Å². The average molecular weight is 693 g/mol. The summed E-state index contributed by atoms with van der Waals surface area (Å²) in [6.07, 6.45) is -3.69. The zero-order valence-corrected chi connectivity index (χ0v) is 28.3. The Bertz CT molecular complexity index is 1430. The topological polar surface area (TPSA) is 209 Å². The van der Waals surface area contributed by atoms with Gasteiger partial charge in [0.2, 0.25) is 0 Å². The Morgan fingerprint density at radius 2 is 1.57 bits per heavy atom. The second-order valence-corrected chi connectivity index (χ2v) is 15.9. The normalized spacial score (nSPS) is 51.3.